The molecule has 0 saturated carbocycles. The highest BCUT2D eigenvalue weighted by Gasteiger charge is 2.11. The number of aromatic amines is 1. The fraction of sp³-hybridized carbons (Fsp3) is 0.182. The van der Waals surface area contributed by atoms with Crippen molar-refractivity contribution in [2.24, 2.45) is 0 Å². The van der Waals surface area contributed by atoms with Gasteiger partial charge in [-0.25, -0.2) is 4.98 Å². The van der Waals surface area contributed by atoms with E-state index in [1.807, 2.05) is 0 Å². The number of amides is 1. The van der Waals surface area contributed by atoms with E-state index in [9.17, 15) is 4.79 Å². The maximum Gasteiger partial charge on any atom is 0.295 e. The normalized spacial score (nSPS) is 10.1. The van der Waals surface area contributed by atoms with E-state index in [1.165, 1.54) is 7.11 Å². The highest BCUT2D eigenvalue weighted by atomic mass is 16.5. The number of nitrogens with zero attached hydrogens (tertiary/aromatic N) is 2. The summed E-state index contributed by atoms with van der Waals surface area (Å²) in [6, 6.07) is 4.97. The lowest BCUT2D eigenvalue weighted by molar-refractivity contribution is 0.101. The molecule has 0 fully saturated rings. The van der Waals surface area contributed by atoms with Gasteiger partial charge in [0, 0.05) is 5.69 Å². The average Bonchev–Trinajstić information content (AvgIpc) is 2.76. The molecule has 0 aliphatic heterocycles. The summed E-state index contributed by atoms with van der Waals surface area (Å²) >= 11 is 0. The Morgan fingerprint density at radius 1 is 1.50 bits per heavy atom. The Kier molecular flexibility index (Phi) is 3.13. The summed E-state index contributed by atoms with van der Waals surface area (Å²) in [5.41, 5.74) is 6.74. The minimum atomic E-state index is -0.399. The minimum Gasteiger partial charge on any atom is -0.495 e. The Hall–Kier alpha value is -2.57. The lowest BCUT2D eigenvalue weighted by Gasteiger charge is -2.07. The first kappa shape index (κ1) is 11.9. The molecule has 2 rings (SSSR count). The van der Waals surface area contributed by atoms with Gasteiger partial charge in [-0.2, -0.15) is 0 Å². The molecule has 0 spiro atoms. The Balaban J connectivity index is 2.14. The van der Waals surface area contributed by atoms with E-state index in [-0.39, 0.29) is 5.82 Å². The number of aryl methyl sites for hydroxylation is 1. The molecule has 0 aliphatic carbocycles. The van der Waals surface area contributed by atoms with Crippen LogP contribution in [0.1, 0.15) is 16.4 Å². The van der Waals surface area contributed by atoms with E-state index in [0.717, 1.165) is 0 Å². The molecule has 1 amide bonds. The van der Waals surface area contributed by atoms with Crippen LogP contribution in [0.2, 0.25) is 0 Å². The van der Waals surface area contributed by atoms with E-state index in [4.69, 9.17) is 10.5 Å². The second-order valence-corrected chi connectivity index (χ2v) is 3.66. The molecule has 0 bridgehead atoms. The van der Waals surface area contributed by atoms with Crippen molar-refractivity contribution in [1.82, 2.24) is 15.2 Å². The quantitative estimate of drug-likeness (QED) is 0.700. The number of benzene rings is 1. The van der Waals surface area contributed by atoms with Crippen LogP contribution in [0.3, 0.4) is 0 Å². The number of methoxy groups -OCH3 is 1. The van der Waals surface area contributed by atoms with Gasteiger partial charge in [0.05, 0.1) is 12.8 Å². The summed E-state index contributed by atoms with van der Waals surface area (Å²) < 4.78 is 5.03. The van der Waals surface area contributed by atoms with Gasteiger partial charge in [0.1, 0.15) is 11.6 Å². The molecule has 0 aliphatic rings. The van der Waals surface area contributed by atoms with E-state index in [1.54, 1.807) is 25.1 Å². The van der Waals surface area contributed by atoms with Crippen molar-refractivity contribution in [1.29, 1.82) is 0 Å². The zero-order valence-electron chi connectivity index (χ0n) is 10.0. The van der Waals surface area contributed by atoms with Crippen molar-refractivity contribution in [3.63, 3.8) is 0 Å². The van der Waals surface area contributed by atoms with Crippen LogP contribution < -0.4 is 15.8 Å². The zero-order valence-corrected chi connectivity index (χ0v) is 10.0. The van der Waals surface area contributed by atoms with E-state index < -0.39 is 5.91 Å². The third-order valence-electron chi connectivity index (χ3n) is 2.29. The van der Waals surface area contributed by atoms with Crippen LogP contribution in [0.15, 0.2) is 18.2 Å². The standard InChI is InChI=1S/C11H13N5O2/c1-6-13-10(16-15-6)11(17)14-7-3-4-9(18-2)8(12)5-7/h3-5H,12H2,1-2H3,(H,14,17)(H,13,15,16). The maximum atomic E-state index is 11.8. The summed E-state index contributed by atoms with van der Waals surface area (Å²) in [6.45, 7) is 1.72. The lowest BCUT2D eigenvalue weighted by Crippen LogP contribution is -2.14. The van der Waals surface area contributed by atoms with Crippen molar-refractivity contribution in [2.45, 2.75) is 6.92 Å². The van der Waals surface area contributed by atoms with Gasteiger partial charge in [-0.15, -0.1) is 5.10 Å². The smallest absolute Gasteiger partial charge is 0.295 e. The van der Waals surface area contributed by atoms with Crippen LogP contribution in [-0.4, -0.2) is 28.2 Å². The van der Waals surface area contributed by atoms with Gasteiger partial charge in [0.25, 0.3) is 5.91 Å². The topological polar surface area (TPSA) is 106 Å². The third-order valence-corrected chi connectivity index (χ3v) is 2.29. The van der Waals surface area contributed by atoms with E-state index >= 15 is 0 Å². The molecule has 0 atom stereocenters. The third kappa shape index (κ3) is 2.40. The van der Waals surface area contributed by atoms with Gasteiger partial charge in [0.15, 0.2) is 0 Å². The molecular weight excluding hydrogens is 234 g/mol. The predicted molar refractivity (Wildman–Crippen MR) is 66.5 cm³/mol. The van der Waals surface area contributed by atoms with Crippen LogP contribution in [0.4, 0.5) is 11.4 Å². The number of ether oxygens (including phenoxy) is 1. The molecule has 2 aromatic rings. The molecule has 1 heterocycles. The first-order chi connectivity index (χ1) is 8.60. The fourth-order valence-corrected chi connectivity index (χ4v) is 1.44. The molecule has 0 saturated heterocycles. The van der Waals surface area contributed by atoms with Crippen molar-refractivity contribution >= 4 is 17.3 Å². The maximum absolute atomic E-state index is 11.8. The second-order valence-electron chi connectivity index (χ2n) is 3.66. The molecule has 4 N–H and O–H groups in total. The Morgan fingerprint density at radius 2 is 2.28 bits per heavy atom. The summed E-state index contributed by atoms with van der Waals surface area (Å²) in [4.78, 5) is 15.7. The molecule has 7 nitrogen and oxygen atoms in total. The van der Waals surface area contributed by atoms with Gasteiger partial charge >= 0.3 is 0 Å². The number of hydrogen-bond acceptors (Lipinski definition) is 5. The number of H-pyrrole nitrogens is 1. The van der Waals surface area contributed by atoms with Crippen LogP contribution >= 0.6 is 0 Å². The van der Waals surface area contributed by atoms with Crippen molar-refractivity contribution in [3.05, 3.63) is 29.8 Å². The van der Waals surface area contributed by atoms with E-state index in [2.05, 4.69) is 20.5 Å². The summed E-state index contributed by atoms with van der Waals surface area (Å²) in [7, 11) is 1.53. The van der Waals surface area contributed by atoms with Crippen LogP contribution in [0, 0.1) is 6.92 Å². The van der Waals surface area contributed by atoms with Crippen molar-refractivity contribution < 1.29 is 9.53 Å². The molecule has 1 aromatic carbocycles. The molecule has 7 heteroatoms. The fourth-order valence-electron chi connectivity index (χ4n) is 1.44. The number of nitrogen functional groups attached to an aromatic ring is 1. The molecule has 1 aromatic heterocycles. The molecule has 94 valence electrons. The number of hydrogen-bond donors (Lipinski definition) is 3. The second kappa shape index (κ2) is 4.74. The van der Waals surface area contributed by atoms with Gasteiger partial charge in [-0.3, -0.25) is 9.89 Å². The number of carbonyl (C=O) groups excluding carboxylic acids is 1. The van der Waals surface area contributed by atoms with Gasteiger partial charge in [-0.05, 0) is 25.1 Å². The number of aromatic nitrogens is 3. The number of nitrogens with one attached hydrogen (secondary N) is 2. The Labute approximate surface area is 103 Å². The molecule has 18 heavy (non-hydrogen) atoms. The molecule has 0 radical (unpaired) electrons. The largest absolute Gasteiger partial charge is 0.495 e. The van der Waals surface area contributed by atoms with Gasteiger partial charge < -0.3 is 15.8 Å². The van der Waals surface area contributed by atoms with Crippen LogP contribution in [0.5, 0.6) is 5.75 Å². The monoisotopic (exact) mass is 247 g/mol. The first-order valence-electron chi connectivity index (χ1n) is 5.24. The number of rotatable bonds is 3. The number of anilines is 2. The zero-order chi connectivity index (χ0) is 13.1. The molecular formula is C11H13N5O2. The Bertz CT molecular complexity index is 579. The predicted octanol–water partition coefficient (Wildman–Crippen LogP) is 0.956. The number of nitrogens with two attached hydrogens (primary N) is 1. The SMILES string of the molecule is COc1ccc(NC(=O)c2n[nH]c(C)n2)cc1N. The van der Waals surface area contributed by atoms with E-state index in [0.29, 0.717) is 22.9 Å². The summed E-state index contributed by atoms with van der Waals surface area (Å²) in [5, 5.41) is 9.01. The summed E-state index contributed by atoms with van der Waals surface area (Å²) in [6.07, 6.45) is 0. The van der Waals surface area contributed by atoms with Crippen molar-refractivity contribution in [3.8, 4) is 5.75 Å². The van der Waals surface area contributed by atoms with Crippen LogP contribution in [-0.2, 0) is 0 Å². The first-order valence-corrected chi connectivity index (χ1v) is 5.24. The number of carbonyl (C=O) groups is 1. The summed E-state index contributed by atoms with van der Waals surface area (Å²) in [5.74, 6) is 0.821. The highest BCUT2D eigenvalue weighted by molar-refractivity contribution is 6.01. The van der Waals surface area contributed by atoms with Gasteiger partial charge in [0.2, 0.25) is 5.82 Å². The lowest BCUT2D eigenvalue weighted by atomic mass is 10.2. The highest BCUT2D eigenvalue weighted by Crippen LogP contribution is 2.24. The Morgan fingerprint density at radius 3 is 2.83 bits per heavy atom. The minimum absolute atomic E-state index is 0.0851. The average molecular weight is 247 g/mol. The molecule has 0 unspecified atom stereocenters. The van der Waals surface area contributed by atoms with Crippen LogP contribution in [0.25, 0.3) is 0 Å². The van der Waals surface area contributed by atoms with Crippen molar-refractivity contribution in [2.75, 3.05) is 18.2 Å². The van der Waals surface area contributed by atoms with Gasteiger partial charge in [-0.1, -0.05) is 0 Å².